The van der Waals surface area contributed by atoms with Crippen LogP contribution in [0.3, 0.4) is 0 Å². The quantitative estimate of drug-likeness (QED) is 0.571. The van der Waals surface area contributed by atoms with E-state index >= 15 is 0 Å². The van der Waals surface area contributed by atoms with Crippen molar-refractivity contribution in [1.82, 2.24) is 0 Å². The Bertz CT molecular complexity index is 23.6. The molecule has 0 nitrogen and oxygen atoms in total. The number of halogens is 3. The predicted molar refractivity (Wildman–Crippen MR) is 22.5 cm³/mol. The van der Waals surface area contributed by atoms with Crippen LogP contribution in [-0.2, 0) is 0 Å². The topological polar surface area (TPSA) is 0 Å². The Morgan fingerprint density at radius 3 is 1.80 bits per heavy atom. The van der Waals surface area contributed by atoms with E-state index in [9.17, 15) is 8.78 Å². The molecule has 0 fully saturated rings. The standard InChI is InChI=1S/CHBrF2S/c2-5-1(3)4/h1H. The molecule has 0 spiro atoms. The van der Waals surface area contributed by atoms with E-state index in [1.165, 1.54) is 0 Å². The summed E-state index contributed by atoms with van der Waals surface area (Å²) in [5.41, 5.74) is 0. The third-order valence-electron chi connectivity index (χ3n) is 0.0673. The zero-order valence-corrected chi connectivity index (χ0v) is 4.52. The fourth-order valence-corrected chi connectivity index (χ4v) is 0. The normalized spacial score (nSPS) is 9.60. The van der Waals surface area contributed by atoms with E-state index < -0.39 is 5.76 Å². The number of alkyl halides is 2. The van der Waals surface area contributed by atoms with Crippen LogP contribution >= 0.6 is 25.0 Å². The van der Waals surface area contributed by atoms with Gasteiger partial charge in [-0.05, 0) is 25.0 Å². The van der Waals surface area contributed by atoms with Gasteiger partial charge < -0.3 is 0 Å². The Kier molecular flexibility index (Phi) is 3.30. The first-order valence-electron chi connectivity index (χ1n) is 0.826. The van der Waals surface area contributed by atoms with Crippen LogP contribution in [0.4, 0.5) is 8.78 Å². The van der Waals surface area contributed by atoms with Gasteiger partial charge in [-0.15, -0.1) is 0 Å². The van der Waals surface area contributed by atoms with Gasteiger partial charge in [-0.3, -0.25) is 0 Å². The molecule has 5 heavy (non-hydrogen) atoms. The van der Waals surface area contributed by atoms with Crippen LogP contribution in [0.5, 0.6) is 0 Å². The number of hydrogen-bond acceptors (Lipinski definition) is 1. The molecular weight excluding hydrogens is 162 g/mol. The summed E-state index contributed by atoms with van der Waals surface area (Å²) in [6.45, 7) is 0. The summed E-state index contributed by atoms with van der Waals surface area (Å²) in [7, 11) is 0.359. The molecule has 0 radical (unpaired) electrons. The van der Waals surface area contributed by atoms with Crippen molar-refractivity contribution in [3.63, 3.8) is 0 Å². The van der Waals surface area contributed by atoms with Crippen molar-refractivity contribution in [3.05, 3.63) is 0 Å². The van der Waals surface area contributed by atoms with E-state index in [4.69, 9.17) is 0 Å². The van der Waals surface area contributed by atoms with Gasteiger partial charge >= 0.3 is 0 Å². The molecule has 0 aliphatic rings. The minimum Gasteiger partial charge on any atom is -0.197 e. The van der Waals surface area contributed by atoms with Gasteiger partial charge in [0.2, 0.25) is 0 Å². The molecule has 0 saturated heterocycles. The Morgan fingerprint density at radius 2 is 1.80 bits per heavy atom. The van der Waals surface area contributed by atoms with Crippen LogP contribution in [0.1, 0.15) is 0 Å². The molecule has 0 aromatic carbocycles. The summed E-state index contributed by atoms with van der Waals surface area (Å²) in [5.74, 6) is -2.28. The lowest BCUT2D eigenvalue weighted by atomic mass is 11.7. The van der Waals surface area contributed by atoms with Gasteiger partial charge in [0.15, 0.2) is 0 Å². The molecule has 0 N–H and O–H groups in total. The average Bonchev–Trinajstić information content (AvgIpc) is 1.38. The van der Waals surface area contributed by atoms with Crippen molar-refractivity contribution in [3.8, 4) is 0 Å². The van der Waals surface area contributed by atoms with Crippen molar-refractivity contribution >= 4 is 25.0 Å². The smallest absolute Gasteiger partial charge is 0.197 e. The Labute approximate surface area is 40.1 Å². The molecule has 0 atom stereocenters. The highest BCUT2D eigenvalue weighted by Gasteiger charge is 1.93. The largest absolute Gasteiger partial charge is 0.294 e. The summed E-state index contributed by atoms with van der Waals surface area (Å²) < 4.78 is 21.4. The molecule has 0 saturated carbocycles. The molecule has 4 heteroatoms. The van der Waals surface area contributed by atoms with Gasteiger partial charge in [-0.25, -0.2) is 0 Å². The summed E-state index contributed by atoms with van der Waals surface area (Å²) in [5, 5.41) is 0. The second-order valence-electron chi connectivity index (χ2n) is 0.350. The Hall–Kier alpha value is 0.690. The van der Waals surface area contributed by atoms with Crippen molar-refractivity contribution in [2.45, 2.75) is 5.76 Å². The zero-order valence-electron chi connectivity index (χ0n) is 2.12. The number of hydrogen-bond donors (Lipinski definition) is 0. The van der Waals surface area contributed by atoms with Crippen LogP contribution in [0.2, 0.25) is 0 Å². The summed E-state index contributed by atoms with van der Waals surface area (Å²) in [6, 6.07) is 0. The minimum absolute atomic E-state index is 0.359. The van der Waals surface area contributed by atoms with Gasteiger partial charge in [0, 0.05) is 0 Å². The van der Waals surface area contributed by atoms with E-state index in [0.29, 0.717) is 10.2 Å². The van der Waals surface area contributed by atoms with E-state index in [-0.39, 0.29) is 0 Å². The van der Waals surface area contributed by atoms with Crippen molar-refractivity contribution < 1.29 is 8.78 Å². The maximum Gasteiger partial charge on any atom is 0.294 e. The molecule has 0 aliphatic carbocycles. The maximum atomic E-state index is 10.7. The zero-order chi connectivity index (χ0) is 4.28. The van der Waals surface area contributed by atoms with Crippen LogP contribution in [-0.4, -0.2) is 5.76 Å². The van der Waals surface area contributed by atoms with Crippen molar-refractivity contribution in [1.29, 1.82) is 0 Å². The molecule has 0 unspecified atom stereocenters. The third kappa shape index (κ3) is 4.69. The fraction of sp³-hybridized carbons (Fsp3) is 1.00. The van der Waals surface area contributed by atoms with Crippen LogP contribution in [0.25, 0.3) is 0 Å². The Morgan fingerprint density at radius 1 is 1.60 bits per heavy atom. The first kappa shape index (κ1) is 5.69. The lowest BCUT2D eigenvalue weighted by Crippen LogP contribution is -1.68. The molecule has 0 aliphatic heterocycles. The van der Waals surface area contributed by atoms with Gasteiger partial charge in [0.05, 0.1) is 0 Å². The molecule has 0 heterocycles. The van der Waals surface area contributed by atoms with Gasteiger partial charge in [0.25, 0.3) is 5.76 Å². The van der Waals surface area contributed by atoms with E-state index in [1.807, 2.05) is 0 Å². The first-order chi connectivity index (χ1) is 2.27. The number of rotatable bonds is 1. The van der Waals surface area contributed by atoms with Crippen LogP contribution < -0.4 is 0 Å². The Balaban J connectivity index is 2.54. The molecule has 0 aromatic heterocycles. The van der Waals surface area contributed by atoms with E-state index in [1.54, 1.807) is 0 Å². The summed E-state index contributed by atoms with van der Waals surface area (Å²) in [6.07, 6.45) is 0. The highest BCUT2D eigenvalue weighted by molar-refractivity contribution is 9.50. The lowest BCUT2D eigenvalue weighted by Gasteiger charge is -1.79. The van der Waals surface area contributed by atoms with Crippen molar-refractivity contribution in [2.75, 3.05) is 0 Å². The molecule has 0 bridgehead atoms. The van der Waals surface area contributed by atoms with E-state index in [0.717, 1.165) is 0 Å². The second kappa shape index (κ2) is 2.90. The SMILES string of the molecule is FC(F)SBr. The van der Waals surface area contributed by atoms with Crippen LogP contribution in [0, 0.1) is 0 Å². The fourth-order valence-electron chi connectivity index (χ4n) is 0. The van der Waals surface area contributed by atoms with Gasteiger partial charge in [-0.1, -0.05) is 0 Å². The molecule has 0 rings (SSSR count). The van der Waals surface area contributed by atoms with Crippen molar-refractivity contribution in [2.24, 2.45) is 0 Å². The first-order valence-corrected chi connectivity index (χ1v) is 3.55. The molecular formula is CHBrF2S. The molecule has 0 amide bonds. The molecule has 0 aromatic rings. The maximum absolute atomic E-state index is 10.7. The highest BCUT2D eigenvalue weighted by atomic mass is 79.9. The van der Waals surface area contributed by atoms with E-state index in [2.05, 4.69) is 14.8 Å². The average molecular weight is 163 g/mol. The third-order valence-corrected chi connectivity index (χ3v) is 1.05. The summed E-state index contributed by atoms with van der Waals surface area (Å²) in [4.78, 5) is 0. The summed E-state index contributed by atoms with van der Waals surface area (Å²) >= 11 is 2.48. The monoisotopic (exact) mass is 162 g/mol. The van der Waals surface area contributed by atoms with Crippen LogP contribution in [0.15, 0.2) is 0 Å². The van der Waals surface area contributed by atoms with Gasteiger partial charge in [0.1, 0.15) is 0 Å². The highest BCUT2D eigenvalue weighted by Crippen LogP contribution is 2.19. The lowest BCUT2D eigenvalue weighted by molar-refractivity contribution is 0.254. The molecule has 32 valence electrons. The predicted octanol–water partition coefficient (Wildman–Crippen LogP) is 2.25. The second-order valence-corrected chi connectivity index (χ2v) is 2.01. The van der Waals surface area contributed by atoms with Gasteiger partial charge in [-0.2, -0.15) is 8.78 Å². The minimum atomic E-state index is -2.28.